The van der Waals surface area contributed by atoms with Gasteiger partial charge in [0.25, 0.3) is 5.91 Å². The molecule has 1 atom stereocenters. The maximum Gasteiger partial charge on any atom is 0.256 e. The van der Waals surface area contributed by atoms with Gasteiger partial charge >= 0.3 is 0 Å². The van der Waals surface area contributed by atoms with E-state index in [2.05, 4.69) is 4.90 Å². The second-order valence-corrected chi connectivity index (χ2v) is 6.38. The molecule has 1 N–H and O–H groups in total. The van der Waals surface area contributed by atoms with Crippen molar-refractivity contribution < 1.29 is 19.4 Å². The number of ether oxygens (including phenoxy) is 2. The van der Waals surface area contributed by atoms with E-state index in [4.69, 9.17) is 9.47 Å². The van der Waals surface area contributed by atoms with E-state index in [-0.39, 0.29) is 5.91 Å². The number of piperazine rings is 1. The van der Waals surface area contributed by atoms with E-state index in [0.29, 0.717) is 30.4 Å². The van der Waals surface area contributed by atoms with E-state index in [1.807, 2.05) is 0 Å². The molecule has 0 radical (unpaired) electrons. The molecular formula is C18H26N2O4. The molecule has 0 aromatic heterocycles. The third-order valence-electron chi connectivity index (χ3n) is 4.98. The predicted molar refractivity (Wildman–Crippen MR) is 89.9 cm³/mol. The molecule has 1 aromatic carbocycles. The number of hydrogen-bond acceptors (Lipinski definition) is 5. The van der Waals surface area contributed by atoms with Crippen LogP contribution in [0.25, 0.3) is 0 Å². The van der Waals surface area contributed by atoms with Gasteiger partial charge in [0.05, 0.1) is 7.11 Å². The van der Waals surface area contributed by atoms with Gasteiger partial charge in [0, 0.05) is 45.4 Å². The van der Waals surface area contributed by atoms with Gasteiger partial charge in [-0.05, 0) is 30.5 Å². The highest BCUT2D eigenvalue weighted by Gasteiger charge is 2.30. The first kappa shape index (κ1) is 17.2. The van der Waals surface area contributed by atoms with Gasteiger partial charge in [0.15, 0.2) is 6.10 Å². The molecule has 132 valence electrons. The van der Waals surface area contributed by atoms with Crippen LogP contribution in [0.3, 0.4) is 0 Å². The quantitative estimate of drug-likeness (QED) is 0.892. The second kappa shape index (κ2) is 7.96. The molecule has 2 saturated heterocycles. The number of carbonyl (C=O) groups is 1. The van der Waals surface area contributed by atoms with Crippen molar-refractivity contribution in [1.82, 2.24) is 9.80 Å². The Bertz CT molecular complexity index is 552. The molecule has 2 aliphatic rings. The number of carbonyl (C=O) groups excluding carboxylic acids is 1. The molecule has 1 amide bonds. The van der Waals surface area contributed by atoms with Gasteiger partial charge in [0.2, 0.25) is 0 Å². The van der Waals surface area contributed by atoms with Crippen molar-refractivity contribution in [2.45, 2.75) is 25.0 Å². The SMILES string of the molecule is COc1cccc(C(O)C(=O)N2CCN(C3CCOCC3)CC2)c1. The summed E-state index contributed by atoms with van der Waals surface area (Å²) < 4.78 is 10.6. The lowest BCUT2D eigenvalue weighted by molar-refractivity contribution is -0.143. The largest absolute Gasteiger partial charge is 0.497 e. The minimum atomic E-state index is -1.13. The molecule has 2 aliphatic heterocycles. The Morgan fingerprint density at radius 3 is 2.62 bits per heavy atom. The first-order valence-electron chi connectivity index (χ1n) is 8.61. The number of methoxy groups -OCH3 is 1. The van der Waals surface area contributed by atoms with Crippen molar-refractivity contribution in [2.75, 3.05) is 46.5 Å². The predicted octanol–water partition coefficient (Wildman–Crippen LogP) is 1.05. The molecule has 0 aliphatic carbocycles. The van der Waals surface area contributed by atoms with E-state index >= 15 is 0 Å². The van der Waals surface area contributed by atoms with Gasteiger partial charge in [-0.2, -0.15) is 0 Å². The summed E-state index contributed by atoms with van der Waals surface area (Å²) >= 11 is 0. The summed E-state index contributed by atoms with van der Waals surface area (Å²) in [5, 5.41) is 10.4. The maximum absolute atomic E-state index is 12.6. The van der Waals surface area contributed by atoms with E-state index in [1.165, 1.54) is 0 Å². The summed E-state index contributed by atoms with van der Waals surface area (Å²) in [6.45, 7) is 4.72. The lowest BCUT2D eigenvalue weighted by atomic mass is 10.0. The van der Waals surface area contributed by atoms with Crippen molar-refractivity contribution in [3.8, 4) is 5.75 Å². The molecule has 3 rings (SSSR count). The normalized spacial score (nSPS) is 21.5. The summed E-state index contributed by atoms with van der Waals surface area (Å²) in [7, 11) is 1.57. The van der Waals surface area contributed by atoms with E-state index in [1.54, 1.807) is 36.3 Å². The summed E-state index contributed by atoms with van der Waals surface area (Å²) in [6, 6.07) is 7.62. The topological polar surface area (TPSA) is 62.2 Å². The highest BCUT2D eigenvalue weighted by atomic mass is 16.5. The average Bonchev–Trinajstić information content (AvgIpc) is 2.67. The standard InChI is InChI=1S/C18H26N2O4/c1-23-16-4-2-3-14(13-16)17(21)18(22)20-9-7-19(8-10-20)15-5-11-24-12-6-15/h2-4,13,15,17,21H,5-12H2,1H3. The molecular weight excluding hydrogens is 308 g/mol. The monoisotopic (exact) mass is 334 g/mol. The molecule has 6 heteroatoms. The van der Waals surface area contributed by atoms with Crippen LogP contribution in [0, 0.1) is 0 Å². The zero-order valence-electron chi connectivity index (χ0n) is 14.2. The highest BCUT2D eigenvalue weighted by molar-refractivity contribution is 5.82. The fraction of sp³-hybridized carbons (Fsp3) is 0.611. The maximum atomic E-state index is 12.6. The van der Waals surface area contributed by atoms with Crippen molar-refractivity contribution in [3.63, 3.8) is 0 Å². The van der Waals surface area contributed by atoms with Crippen molar-refractivity contribution in [3.05, 3.63) is 29.8 Å². The van der Waals surface area contributed by atoms with Crippen LogP contribution in [-0.4, -0.2) is 73.4 Å². The van der Waals surface area contributed by atoms with E-state index < -0.39 is 6.10 Å². The molecule has 1 unspecified atom stereocenters. The Balaban J connectivity index is 1.56. The summed E-state index contributed by atoms with van der Waals surface area (Å²) in [6.07, 6.45) is 1.01. The Morgan fingerprint density at radius 2 is 1.96 bits per heavy atom. The van der Waals surface area contributed by atoms with Crippen LogP contribution < -0.4 is 4.74 Å². The first-order valence-corrected chi connectivity index (χ1v) is 8.61. The zero-order valence-corrected chi connectivity index (χ0v) is 14.2. The Labute approximate surface area is 143 Å². The summed E-state index contributed by atoms with van der Waals surface area (Å²) in [5.41, 5.74) is 0.575. The number of nitrogens with zero attached hydrogens (tertiary/aromatic N) is 2. The van der Waals surface area contributed by atoms with Crippen LogP contribution in [0.4, 0.5) is 0 Å². The van der Waals surface area contributed by atoms with Crippen LogP contribution in [0.5, 0.6) is 5.75 Å². The number of amides is 1. The van der Waals surface area contributed by atoms with Crippen molar-refractivity contribution in [2.24, 2.45) is 0 Å². The lowest BCUT2D eigenvalue weighted by Gasteiger charge is -2.41. The second-order valence-electron chi connectivity index (χ2n) is 6.38. The minimum Gasteiger partial charge on any atom is -0.497 e. The van der Waals surface area contributed by atoms with Crippen LogP contribution in [-0.2, 0) is 9.53 Å². The zero-order chi connectivity index (χ0) is 16.9. The van der Waals surface area contributed by atoms with Crippen LogP contribution in [0.1, 0.15) is 24.5 Å². The van der Waals surface area contributed by atoms with Gasteiger partial charge < -0.3 is 19.5 Å². The molecule has 0 spiro atoms. The number of aliphatic hydroxyl groups is 1. The van der Waals surface area contributed by atoms with Crippen LogP contribution in [0.2, 0.25) is 0 Å². The highest BCUT2D eigenvalue weighted by Crippen LogP contribution is 2.22. The molecule has 0 bridgehead atoms. The molecule has 1 aromatic rings. The molecule has 24 heavy (non-hydrogen) atoms. The third-order valence-corrected chi connectivity index (χ3v) is 4.98. The number of hydrogen-bond donors (Lipinski definition) is 1. The fourth-order valence-corrected chi connectivity index (χ4v) is 3.48. The molecule has 6 nitrogen and oxygen atoms in total. The smallest absolute Gasteiger partial charge is 0.256 e. The van der Waals surface area contributed by atoms with Gasteiger partial charge in [-0.15, -0.1) is 0 Å². The number of rotatable bonds is 4. The lowest BCUT2D eigenvalue weighted by Crippen LogP contribution is -2.53. The third kappa shape index (κ3) is 3.88. The van der Waals surface area contributed by atoms with Crippen LogP contribution in [0.15, 0.2) is 24.3 Å². The molecule has 2 heterocycles. The van der Waals surface area contributed by atoms with Crippen molar-refractivity contribution in [1.29, 1.82) is 0 Å². The number of aliphatic hydroxyl groups excluding tert-OH is 1. The van der Waals surface area contributed by atoms with Gasteiger partial charge in [-0.1, -0.05) is 12.1 Å². The molecule has 2 fully saturated rings. The summed E-state index contributed by atoms with van der Waals surface area (Å²) in [4.78, 5) is 16.8. The van der Waals surface area contributed by atoms with Crippen molar-refractivity contribution >= 4 is 5.91 Å². The van der Waals surface area contributed by atoms with Gasteiger partial charge in [-0.25, -0.2) is 0 Å². The Kier molecular flexibility index (Phi) is 5.71. The van der Waals surface area contributed by atoms with E-state index in [0.717, 1.165) is 39.1 Å². The number of benzene rings is 1. The minimum absolute atomic E-state index is 0.227. The first-order chi connectivity index (χ1) is 11.7. The Morgan fingerprint density at radius 1 is 1.25 bits per heavy atom. The van der Waals surface area contributed by atoms with Gasteiger partial charge in [0.1, 0.15) is 5.75 Å². The fourth-order valence-electron chi connectivity index (χ4n) is 3.48. The Hall–Kier alpha value is -1.63. The summed E-state index contributed by atoms with van der Waals surface area (Å²) in [5.74, 6) is 0.415. The van der Waals surface area contributed by atoms with E-state index in [9.17, 15) is 9.90 Å². The molecule has 0 saturated carbocycles. The van der Waals surface area contributed by atoms with Crippen LogP contribution >= 0.6 is 0 Å². The average molecular weight is 334 g/mol. The van der Waals surface area contributed by atoms with Gasteiger partial charge in [-0.3, -0.25) is 9.69 Å².